The van der Waals surface area contributed by atoms with E-state index in [-0.39, 0.29) is 12.1 Å². The number of aryl methyl sites for hydroxylation is 1. The number of nitriles is 1. The molecule has 90 valence electrons. The molecule has 1 aromatic carbocycles. The molecule has 3 nitrogen and oxygen atoms in total. The smallest absolute Gasteiger partial charge is 0.0991 e. The lowest BCUT2D eigenvalue weighted by Gasteiger charge is -2.29. The quantitative estimate of drug-likeness (QED) is 0.821. The van der Waals surface area contributed by atoms with Gasteiger partial charge in [-0.2, -0.15) is 5.26 Å². The standard InChI is InChI=1S/C14H18N2O/c1-10-8-11(9-15)6-7-12(10)16-13-4-2-3-5-14(13)17/h6-8,13-14,16-17H,2-5H2,1H3. The van der Waals surface area contributed by atoms with Crippen LogP contribution in [0.5, 0.6) is 0 Å². The predicted octanol–water partition coefficient (Wildman–Crippen LogP) is 2.58. The molecule has 0 saturated heterocycles. The van der Waals surface area contributed by atoms with Crippen molar-refractivity contribution in [2.24, 2.45) is 0 Å². The average molecular weight is 230 g/mol. The maximum absolute atomic E-state index is 9.91. The van der Waals surface area contributed by atoms with Crippen LogP contribution in [0.25, 0.3) is 0 Å². The van der Waals surface area contributed by atoms with Crippen molar-refractivity contribution < 1.29 is 5.11 Å². The molecule has 1 saturated carbocycles. The lowest BCUT2D eigenvalue weighted by atomic mass is 9.92. The number of benzene rings is 1. The Morgan fingerprint density at radius 2 is 2.12 bits per heavy atom. The molecule has 1 fully saturated rings. The van der Waals surface area contributed by atoms with Crippen LogP contribution in [-0.2, 0) is 0 Å². The van der Waals surface area contributed by atoms with Crippen LogP contribution in [0.15, 0.2) is 18.2 Å². The molecule has 0 amide bonds. The molecule has 2 N–H and O–H groups in total. The van der Waals surface area contributed by atoms with Gasteiger partial charge in [0.25, 0.3) is 0 Å². The third kappa shape index (κ3) is 2.78. The Morgan fingerprint density at radius 1 is 1.35 bits per heavy atom. The number of aliphatic hydroxyl groups excluding tert-OH is 1. The van der Waals surface area contributed by atoms with Crippen molar-refractivity contribution in [3.63, 3.8) is 0 Å². The van der Waals surface area contributed by atoms with Gasteiger partial charge >= 0.3 is 0 Å². The van der Waals surface area contributed by atoms with Gasteiger partial charge in [0.05, 0.1) is 23.8 Å². The zero-order valence-electron chi connectivity index (χ0n) is 10.1. The van der Waals surface area contributed by atoms with Gasteiger partial charge in [-0.15, -0.1) is 0 Å². The summed E-state index contributed by atoms with van der Waals surface area (Å²) in [6.07, 6.45) is 3.93. The summed E-state index contributed by atoms with van der Waals surface area (Å²) in [6, 6.07) is 7.89. The minimum atomic E-state index is -0.251. The topological polar surface area (TPSA) is 56.0 Å². The van der Waals surface area contributed by atoms with Gasteiger partial charge < -0.3 is 10.4 Å². The van der Waals surface area contributed by atoms with Crippen LogP contribution in [0.4, 0.5) is 5.69 Å². The third-order valence-corrected chi connectivity index (χ3v) is 3.43. The van der Waals surface area contributed by atoms with E-state index in [1.807, 2.05) is 25.1 Å². The van der Waals surface area contributed by atoms with Gasteiger partial charge in [0.2, 0.25) is 0 Å². The molecule has 17 heavy (non-hydrogen) atoms. The number of aliphatic hydroxyl groups is 1. The Hall–Kier alpha value is -1.53. The summed E-state index contributed by atoms with van der Waals surface area (Å²) in [4.78, 5) is 0. The molecule has 0 aromatic heterocycles. The molecule has 2 unspecified atom stereocenters. The van der Waals surface area contributed by atoms with Crippen LogP contribution < -0.4 is 5.32 Å². The second-order valence-electron chi connectivity index (χ2n) is 4.74. The highest BCUT2D eigenvalue weighted by molar-refractivity contribution is 5.54. The SMILES string of the molecule is Cc1cc(C#N)ccc1NC1CCCCC1O. The van der Waals surface area contributed by atoms with Crippen LogP contribution in [0.1, 0.15) is 36.8 Å². The second kappa shape index (κ2) is 5.20. The van der Waals surface area contributed by atoms with Crippen LogP contribution in [0, 0.1) is 18.3 Å². The molecular formula is C14H18N2O. The Bertz CT molecular complexity index is 436. The fourth-order valence-electron chi connectivity index (χ4n) is 2.37. The molecule has 0 spiro atoms. The fraction of sp³-hybridized carbons (Fsp3) is 0.500. The van der Waals surface area contributed by atoms with Crippen LogP contribution >= 0.6 is 0 Å². The second-order valence-corrected chi connectivity index (χ2v) is 4.74. The highest BCUT2D eigenvalue weighted by Gasteiger charge is 2.22. The van der Waals surface area contributed by atoms with Crippen molar-refractivity contribution in [1.82, 2.24) is 0 Å². The number of nitrogens with one attached hydrogen (secondary N) is 1. The number of rotatable bonds is 2. The van der Waals surface area contributed by atoms with Gasteiger partial charge in [0, 0.05) is 5.69 Å². The monoisotopic (exact) mass is 230 g/mol. The first-order valence-electron chi connectivity index (χ1n) is 6.16. The fourth-order valence-corrected chi connectivity index (χ4v) is 2.37. The molecular weight excluding hydrogens is 212 g/mol. The Kier molecular flexibility index (Phi) is 3.65. The molecule has 2 rings (SSSR count). The summed E-state index contributed by atoms with van der Waals surface area (Å²) in [6.45, 7) is 1.98. The van der Waals surface area contributed by atoms with Crippen molar-refractivity contribution in [2.75, 3.05) is 5.32 Å². The lowest BCUT2D eigenvalue weighted by molar-refractivity contribution is 0.116. The van der Waals surface area contributed by atoms with Gasteiger partial charge in [-0.3, -0.25) is 0 Å². The van der Waals surface area contributed by atoms with Crippen molar-refractivity contribution in [3.8, 4) is 6.07 Å². The number of hydrogen-bond donors (Lipinski definition) is 2. The van der Waals surface area contributed by atoms with Crippen molar-refractivity contribution >= 4 is 5.69 Å². The van der Waals surface area contributed by atoms with Crippen molar-refractivity contribution in [3.05, 3.63) is 29.3 Å². The molecule has 2 atom stereocenters. The molecule has 0 bridgehead atoms. The molecule has 1 aromatic rings. The third-order valence-electron chi connectivity index (χ3n) is 3.43. The minimum absolute atomic E-state index is 0.149. The van der Waals surface area contributed by atoms with Gasteiger partial charge in [-0.1, -0.05) is 12.8 Å². The van der Waals surface area contributed by atoms with E-state index in [9.17, 15) is 5.11 Å². The summed E-state index contributed by atoms with van der Waals surface area (Å²) in [7, 11) is 0. The lowest BCUT2D eigenvalue weighted by Crippen LogP contribution is -2.36. The van der Waals surface area contributed by atoms with Crippen LogP contribution in [0.3, 0.4) is 0 Å². The number of anilines is 1. The molecule has 0 aliphatic heterocycles. The molecule has 0 radical (unpaired) electrons. The number of nitrogens with zero attached hydrogens (tertiary/aromatic N) is 1. The van der Waals surface area contributed by atoms with Gasteiger partial charge in [-0.25, -0.2) is 0 Å². The van der Waals surface area contributed by atoms with E-state index in [1.54, 1.807) is 0 Å². The molecule has 3 heteroatoms. The highest BCUT2D eigenvalue weighted by atomic mass is 16.3. The van der Waals surface area contributed by atoms with Gasteiger partial charge in [0.1, 0.15) is 0 Å². The summed E-state index contributed by atoms with van der Waals surface area (Å²) in [5.41, 5.74) is 2.76. The van der Waals surface area contributed by atoms with E-state index < -0.39 is 0 Å². The van der Waals surface area contributed by atoms with E-state index in [0.29, 0.717) is 5.56 Å². The van der Waals surface area contributed by atoms with E-state index in [0.717, 1.165) is 30.5 Å². The Morgan fingerprint density at radius 3 is 2.76 bits per heavy atom. The predicted molar refractivity (Wildman–Crippen MR) is 67.8 cm³/mol. The first-order valence-corrected chi connectivity index (χ1v) is 6.16. The largest absolute Gasteiger partial charge is 0.391 e. The van der Waals surface area contributed by atoms with E-state index >= 15 is 0 Å². The van der Waals surface area contributed by atoms with Crippen molar-refractivity contribution in [2.45, 2.75) is 44.8 Å². The number of hydrogen-bond acceptors (Lipinski definition) is 3. The summed E-state index contributed by atoms with van der Waals surface area (Å²) < 4.78 is 0. The minimum Gasteiger partial charge on any atom is -0.391 e. The first kappa shape index (κ1) is 11.9. The van der Waals surface area contributed by atoms with Crippen LogP contribution in [-0.4, -0.2) is 17.3 Å². The maximum Gasteiger partial charge on any atom is 0.0991 e. The van der Waals surface area contributed by atoms with E-state index in [4.69, 9.17) is 5.26 Å². The maximum atomic E-state index is 9.91. The Labute approximate surface area is 102 Å². The van der Waals surface area contributed by atoms with Crippen molar-refractivity contribution in [1.29, 1.82) is 5.26 Å². The van der Waals surface area contributed by atoms with E-state index in [1.165, 1.54) is 6.42 Å². The normalized spacial score (nSPS) is 24.1. The van der Waals surface area contributed by atoms with Crippen LogP contribution in [0.2, 0.25) is 0 Å². The highest BCUT2D eigenvalue weighted by Crippen LogP contribution is 2.24. The zero-order valence-corrected chi connectivity index (χ0v) is 10.1. The van der Waals surface area contributed by atoms with Gasteiger partial charge in [-0.05, 0) is 43.5 Å². The first-order chi connectivity index (χ1) is 8.20. The molecule has 1 aliphatic carbocycles. The Balaban J connectivity index is 2.10. The van der Waals surface area contributed by atoms with Gasteiger partial charge in [0.15, 0.2) is 0 Å². The molecule has 1 aliphatic rings. The van der Waals surface area contributed by atoms with E-state index in [2.05, 4.69) is 11.4 Å². The zero-order chi connectivity index (χ0) is 12.3. The average Bonchev–Trinajstić information content (AvgIpc) is 2.34. The summed E-state index contributed by atoms with van der Waals surface area (Å²) >= 11 is 0. The summed E-state index contributed by atoms with van der Waals surface area (Å²) in [5.74, 6) is 0. The molecule has 0 heterocycles. The summed E-state index contributed by atoms with van der Waals surface area (Å²) in [5, 5.41) is 22.1.